The van der Waals surface area contributed by atoms with Crippen molar-refractivity contribution in [2.75, 3.05) is 19.6 Å². The van der Waals surface area contributed by atoms with Gasteiger partial charge in [0.2, 0.25) is 0 Å². The predicted molar refractivity (Wildman–Crippen MR) is 83.7 cm³/mol. The Morgan fingerprint density at radius 1 is 1.25 bits per heavy atom. The Morgan fingerprint density at radius 3 is 2.95 bits per heavy atom. The Bertz CT molecular complexity index is 596. The molecule has 1 unspecified atom stereocenters. The van der Waals surface area contributed by atoms with Crippen LogP contribution >= 0.6 is 0 Å². The summed E-state index contributed by atoms with van der Waals surface area (Å²) in [5, 5.41) is 4.85. The van der Waals surface area contributed by atoms with E-state index < -0.39 is 0 Å². The van der Waals surface area contributed by atoms with Gasteiger partial charge in [0.15, 0.2) is 0 Å². The van der Waals surface area contributed by atoms with E-state index in [1.807, 2.05) is 0 Å². The maximum absolute atomic E-state index is 4.78. The fourth-order valence-electron chi connectivity index (χ4n) is 2.94. The maximum atomic E-state index is 4.78. The van der Waals surface area contributed by atoms with E-state index in [0.29, 0.717) is 0 Å². The number of piperazine rings is 1. The van der Waals surface area contributed by atoms with Crippen LogP contribution in [0.4, 0.5) is 0 Å². The molecule has 2 aromatic rings. The zero-order valence-electron chi connectivity index (χ0n) is 12.4. The number of rotatable bonds is 3. The SMILES string of the molecule is CCC1(C)CN(Cc2ccc3ccccc3n2)CCN1. The Labute approximate surface area is 121 Å². The third-order valence-corrected chi connectivity index (χ3v) is 4.37. The number of nitrogens with zero attached hydrogens (tertiary/aromatic N) is 2. The van der Waals surface area contributed by atoms with Gasteiger partial charge in [0.05, 0.1) is 11.2 Å². The highest BCUT2D eigenvalue weighted by atomic mass is 15.2. The molecule has 106 valence electrons. The summed E-state index contributed by atoms with van der Waals surface area (Å²) < 4.78 is 0. The van der Waals surface area contributed by atoms with E-state index >= 15 is 0 Å². The first-order valence-electron chi connectivity index (χ1n) is 7.51. The summed E-state index contributed by atoms with van der Waals surface area (Å²) in [4.78, 5) is 7.29. The first-order valence-corrected chi connectivity index (χ1v) is 7.51. The molecule has 0 amide bonds. The fraction of sp³-hybridized carbons (Fsp3) is 0.471. The molecule has 1 aromatic heterocycles. The molecule has 2 heterocycles. The molecule has 1 aliphatic heterocycles. The first kappa shape index (κ1) is 13.5. The Hall–Kier alpha value is -1.45. The quantitative estimate of drug-likeness (QED) is 0.928. The molecule has 1 aliphatic rings. The van der Waals surface area contributed by atoms with E-state index in [4.69, 9.17) is 4.98 Å². The summed E-state index contributed by atoms with van der Waals surface area (Å²) in [6.45, 7) is 8.78. The van der Waals surface area contributed by atoms with Crippen molar-refractivity contribution in [2.24, 2.45) is 0 Å². The highest BCUT2D eigenvalue weighted by molar-refractivity contribution is 5.78. The molecule has 1 N–H and O–H groups in total. The molecule has 20 heavy (non-hydrogen) atoms. The first-order chi connectivity index (χ1) is 9.68. The number of fused-ring (bicyclic) bond motifs is 1. The van der Waals surface area contributed by atoms with Crippen LogP contribution in [0.3, 0.4) is 0 Å². The van der Waals surface area contributed by atoms with E-state index in [9.17, 15) is 0 Å². The van der Waals surface area contributed by atoms with Gasteiger partial charge in [-0.05, 0) is 25.5 Å². The summed E-state index contributed by atoms with van der Waals surface area (Å²) in [6.07, 6.45) is 1.16. The Morgan fingerprint density at radius 2 is 2.10 bits per heavy atom. The van der Waals surface area contributed by atoms with Crippen molar-refractivity contribution in [3.05, 3.63) is 42.1 Å². The van der Waals surface area contributed by atoms with Crippen molar-refractivity contribution in [2.45, 2.75) is 32.4 Å². The van der Waals surface area contributed by atoms with Gasteiger partial charge in [0.25, 0.3) is 0 Å². The molecule has 1 saturated heterocycles. The molecular weight excluding hydrogens is 246 g/mol. The van der Waals surface area contributed by atoms with E-state index in [1.165, 1.54) is 11.1 Å². The summed E-state index contributed by atoms with van der Waals surface area (Å²) in [7, 11) is 0. The summed E-state index contributed by atoms with van der Waals surface area (Å²) in [5.74, 6) is 0. The van der Waals surface area contributed by atoms with E-state index in [-0.39, 0.29) is 5.54 Å². The van der Waals surface area contributed by atoms with Gasteiger partial charge in [-0.1, -0.05) is 31.2 Å². The van der Waals surface area contributed by atoms with Crippen LogP contribution in [0, 0.1) is 0 Å². The maximum Gasteiger partial charge on any atom is 0.0705 e. The third kappa shape index (κ3) is 2.84. The van der Waals surface area contributed by atoms with Gasteiger partial charge >= 0.3 is 0 Å². The molecule has 1 atom stereocenters. The molecule has 0 spiro atoms. The van der Waals surface area contributed by atoms with Gasteiger partial charge in [-0.25, -0.2) is 0 Å². The van der Waals surface area contributed by atoms with Gasteiger partial charge in [0, 0.05) is 37.1 Å². The summed E-state index contributed by atoms with van der Waals surface area (Å²) in [6, 6.07) is 12.7. The number of hydrogen-bond acceptors (Lipinski definition) is 3. The van der Waals surface area contributed by atoms with Crippen LogP contribution in [0.5, 0.6) is 0 Å². The van der Waals surface area contributed by atoms with Crippen LogP contribution < -0.4 is 5.32 Å². The van der Waals surface area contributed by atoms with Crippen LogP contribution in [0.25, 0.3) is 10.9 Å². The lowest BCUT2D eigenvalue weighted by atomic mass is 9.96. The monoisotopic (exact) mass is 269 g/mol. The van der Waals surface area contributed by atoms with Crippen LogP contribution in [0.2, 0.25) is 0 Å². The van der Waals surface area contributed by atoms with Crippen LogP contribution in [0.1, 0.15) is 26.0 Å². The lowest BCUT2D eigenvalue weighted by Gasteiger charge is -2.41. The standard InChI is InChI=1S/C17H23N3/c1-3-17(2)13-20(11-10-18-17)12-15-9-8-14-6-4-5-7-16(14)19-15/h4-9,18H,3,10-13H2,1-2H3. The molecule has 1 aromatic carbocycles. The molecule has 0 aliphatic carbocycles. The van der Waals surface area contributed by atoms with E-state index in [1.54, 1.807) is 0 Å². The van der Waals surface area contributed by atoms with Gasteiger partial charge in [-0.15, -0.1) is 0 Å². The van der Waals surface area contributed by atoms with Crippen molar-refractivity contribution in [1.82, 2.24) is 15.2 Å². The van der Waals surface area contributed by atoms with Crippen LogP contribution in [0.15, 0.2) is 36.4 Å². The summed E-state index contributed by atoms with van der Waals surface area (Å²) >= 11 is 0. The lowest BCUT2D eigenvalue weighted by molar-refractivity contribution is 0.132. The predicted octanol–water partition coefficient (Wildman–Crippen LogP) is 2.81. The van der Waals surface area contributed by atoms with E-state index in [2.05, 4.69) is 60.5 Å². The smallest absolute Gasteiger partial charge is 0.0705 e. The van der Waals surface area contributed by atoms with Crippen LogP contribution in [-0.4, -0.2) is 35.1 Å². The minimum atomic E-state index is 0.245. The molecule has 3 nitrogen and oxygen atoms in total. The summed E-state index contributed by atoms with van der Waals surface area (Å²) in [5.41, 5.74) is 2.51. The van der Waals surface area contributed by atoms with Crippen LogP contribution in [-0.2, 0) is 6.54 Å². The molecular formula is C17H23N3. The Balaban J connectivity index is 1.75. The number of para-hydroxylation sites is 1. The fourth-order valence-corrected chi connectivity index (χ4v) is 2.94. The molecule has 3 heteroatoms. The molecule has 3 rings (SSSR count). The average Bonchev–Trinajstić information content (AvgIpc) is 2.47. The van der Waals surface area contributed by atoms with Gasteiger partial charge < -0.3 is 5.32 Å². The van der Waals surface area contributed by atoms with Crippen molar-refractivity contribution in [1.29, 1.82) is 0 Å². The molecule has 1 fully saturated rings. The number of nitrogens with one attached hydrogen (secondary N) is 1. The normalized spacial score (nSPS) is 24.1. The number of aromatic nitrogens is 1. The zero-order valence-corrected chi connectivity index (χ0v) is 12.4. The van der Waals surface area contributed by atoms with Gasteiger partial charge in [-0.3, -0.25) is 9.88 Å². The van der Waals surface area contributed by atoms with Crippen molar-refractivity contribution < 1.29 is 0 Å². The van der Waals surface area contributed by atoms with Gasteiger partial charge in [-0.2, -0.15) is 0 Å². The number of pyridine rings is 1. The largest absolute Gasteiger partial charge is 0.309 e. The average molecular weight is 269 g/mol. The molecule has 0 bridgehead atoms. The Kier molecular flexibility index (Phi) is 3.72. The number of hydrogen-bond donors (Lipinski definition) is 1. The molecule has 0 saturated carbocycles. The second-order valence-electron chi connectivity index (χ2n) is 6.05. The van der Waals surface area contributed by atoms with Gasteiger partial charge in [0.1, 0.15) is 0 Å². The van der Waals surface area contributed by atoms with E-state index in [0.717, 1.165) is 38.1 Å². The molecule has 0 radical (unpaired) electrons. The van der Waals surface area contributed by atoms with Crippen molar-refractivity contribution in [3.63, 3.8) is 0 Å². The third-order valence-electron chi connectivity index (χ3n) is 4.37. The number of benzene rings is 1. The second-order valence-corrected chi connectivity index (χ2v) is 6.05. The zero-order chi connectivity index (χ0) is 14.0. The topological polar surface area (TPSA) is 28.2 Å². The van der Waals surface area contributed by atoms with Crippen molar-refractivity contribution in [3.8, 4) is 0 Å². The minimum absolute atomic E-state index is 0.245. The van der Waals surface area contributed by atoms with Crippen molar-refractivity contribution >= 4 is 10.9 Å². The second kappa shape index (κ2) is 5.51. The lowest BCUT2D eigenvalue weighted by Crippen LogP contribution is -2.58. The highest BCUT2D eigenvalue weighted by Crippen LogP contribution is 2.18. The minimum Gasteiger partial charge on any atom is -0.309 e. The highest BCUT2D eigenvalue weighted by Gasteiger charge is 2.28.